The Kier molecular flexibility index (Phi) is 4.34. The summed E-state index contributed by atoms with van der Waals surface area (Å²) >= 11 is 3.45. The molecule has 0 amide bonds. The van der Waals surface area contributed by atoms with Crippen LogP contribution in [0.15, 0.2) is 4.47 Å². The van der Waals surface area contributed by atoms with Gasteiger partial charge in [0.05, 0.1) is 10.2 Å². The average Bonchev–Trinajstić information content (AvgIpc) is 2.78. The SMILES string of the molecule is CCCc1nc(CC2CCOC2)nc(N)c1Br. The number of aryl methyl sites for hydroxylation is 1. The van der Waals surface area contributed by atoms with Gasteiger partial charge in [-0.2, -0.15) is 0 Å². The topological polar surface area (TPSA) is 61.0 Å². The van der Waals surface area contributed by atoms with E-state index in [1.165, 1.54) is 0 Å². The Hall–Kier alpha value is -0.680. The van der Waals surface area contributed by atoms with E-state index in [1.54, 1.807) is 0 Å². The van der Waals surface area contributed by atoms with Gasteiger partial charge >= 0.3 is 0 Å². The van der Waals surface area contributed by atoms with E-state index in [0.717, 1.165) is 54.9 Å². The maximum absolute atomic E-state index is 5.90. The highest BCUT2D eigenvalue weighted by atomic mass is 79.9. The number of nitrogens with two attached hydrogens (primary N) is 1. The van der Waals surface area contributed by atoms with Gasteiger partial charge in [-0.1, -0.05) is 13.3 Å². The first-order valence-electron chi connectivity index (χ1n) is 6.09. The van der Waals surface area contributed by atoms with Gasteiger partial charge in [0.15, 0.2) is 0 Å². The van der Waals surface area contributed by atoms with Crippen LogP contribution in [-0.4, -0.2) is 23.2 Å². The minimum absolute atomic E-state index is 0.546. The van der Waals surface area contributed by atoms with Crippen LogP contribution in [0.1, 0.15) is 31.3 Å². The van der Waals surface area contributed by atoms with E-state index < -0.39 is 0 Å². The van der Waals surface area contributed by atoms with E-state index in [1.807, 2.05) is 0 Å². The number of rotatable bonds is 4. The summed E-state index contributed by atoms with van der Waals surface area (Å²) in [6.45, 7) is 3.82. The summed E-state index contributed by atoms with van der Waals surface area (Å²) in [7, 11) is 0. The Morgan fingerprint density at radius 3 is 2.94 bits per heavy atom. The zero-order valence-corrected chi connectivity index (χ0v) is 11.7. The maximum atomic E-state index is 5.90. The molecule has 0 aromatic carbocycles. The summed E-state index contributed by atoms with van der Waals surface area (Å²) in [5.41, 5.74) is 6.92. The van der Waals surface area contributed by atoms with E-state index in [4.69, 9.17) is 10.5 Å². The second-order valence-electron chi connectivity index (χ2n) is 4.47. The van der Waals surface area contributed by atoms with Gasteiger partial charge < -0.3 is 10.5 Å². The highest BCUT2D eigenvalue weighted by Crippen LogP contribution is 2.24. The van der Waals surface area contributed by atoms with Gasteiger partial charge in [0.25, 0.3) is 0 Å². The van der Waals surface area contributed by atoms with E-state index in [2.05, 4.69) is 32.8 Å². The zero-order chi connectivity index (χ0) is 12.3. The molecular formula is C12H18BrN3O. The molecule has 94 valence electrons. The standard InChI is InChI=1S/C12H18BrN3O/c1-2-3-9-11(13)12(14)16-10(15-9)6-8-4-5-17-7-8/h8H,2-7H2,1H3,(H2,14,15,16). The van der Waals surface area contributed by atoms with Crippen LogP contribution < -0.4 is 5.73 Å². The van der Waals surface area contributed by atoms with Crippen molar-refractivity contribution in [1.82, 2.24) is 9.97 Å². The first-order valence-corrected chi connectivity index (χ1v) is 6.88. The number of hydrogen-bond donors (Lipinski definition) is 1. The monoisotopic (exact) mass is 299 g/mol. The van der Waals surface area contributed by atoms with Gasteiger partial charge in [0, 0.05) is 19.6 Å². The first-order chi connectivity index (χ1) is 8.20. The predicted octanol–water partition coefficient (Wildman–Crippen LogP) is 2.35. The quantitative estimate of drug-likeness (QED) is 0.927. The van der Waals surface area contributed by atoms with Crippen molar-refractivity contribution in [2.45, 2.75) is 32.6 Å². The Labute approximate surface area is 110 Å². The molecule has 0 bridgehead atoms. The fourth-order valence-corrected chi connectivity index (χ4v) is 2.44. The lowest BCUT2D eigenvalue weighted by atomic mass is 10.0. The molecule has 1 aliphatic rings. The fourth-order valence-electron chi connectivity index (χ4n) is 2.06. The summed E-state index contributed by atoms with van der Waals surface area (Å²) in [5, 5.41) is 0. The smallest absolute Gasteiger partial charge is 0.141 e. The average molecular weight is 300 g/mol. The molecule has 1 unspecified atom stereocenters. The second-order valence-corrected chi connectivity index (χ2v) is 5.26. The van der Waals surface area contributed by atoms with Crippen molar-refractivity contribution in [2.75, 3.05) is 18.9 Å². The largest absolute Gasteiger partial charge is 0.383 e. The predicted molar refractivity (Wildman–Crippen MR) is 70.8 cm³/mol. The van der Waals surface area contributed by atoms with Gasteiger partial charge in [-0.15, -0.1) is 0 Å². The number of hydrogen-bond acceptors (Lipinski definition) is 4. The third-order valence-corrected chi connectivity index (χ3v) is 3.84. The van der Waals surface area contributed by atoms with Crippen molar-refractivity contribution >= 4 is 21.7 Å². The van der Waals surface area contributed by atoms with Crippen LogP contribution in [0.25, 0.3) is 0 Å². The van der Waals surface area contributed by atoms with Gasteiger partial charge in [-0.25, -0.2) is 9.97 Å². The van der Waals surface area contributed by atoms with E-state index in [9.17, 15) is 0 Å². The zero-order valence-electron chi connectivity index (χ0n) is 10.1. The van der Waals surface area contributed by atoms with Crippen LogP contribution in [0.5, 0.6) is 0 Å². The molecule has 1 aromatic rings. The van der Waals surface area contributed by atoms with Crippen LogP contribution in [-0.2, 0) is 17.6 Å². The molecular weight excluding hydrogens is 282 g/mol. The van der Waals surface area contributed by atoms with Gasteiger partial charge in [0.2, 0.25) is 0 Å². The van der Waals surface area contributed by atoms with Crippen molar-refractivity contribution in [1.29, 1.82) is 0 Å². The van der Waals surface area contributed by atoms with Crippen LogP contribution in [0.2, 0.25) is 0 Å². The van der Waals surface area contributed by atoms with Crippen molar-refractivity contribution in [3.63, 3.8) is 0 Å². The maximum Gasteiger partial charge on any atom is 0.141 e. The summed E-state index contributed by atoms with van der Waals surface area (Å²) in [4.78, 5) is 8.94. The highest BCUT2D eigenvalue weighted by molar-refractivity contribution is 9.10. The van der Waals surface area contributed by atoms with Crippen LogP contribution in [0, 0.1) is 5.92 Å². The molecule has 1 saturated heterocycles. The van der Waals surface area contributed by atoms with E-state index in [-0.39, 0.29) is 0 Å². The molecule has 2 N–H and O–H groups in total. The number of nitrogen functional groups attached to an aromatic ring is 1. The number of nitrogens with zero attached hydrogens (tertiary/aromatic N) is 2. The molecule has 0 spiro atoms. The van der Waals surface area contributed by atoms with Crippen LogP contribution in [0.3, 0.4) is 0 Å². The Morgan fingerprint density at radius 1 is 1.47 bits per heavy atom. The molecule has 0 radical (unpaired) electrons. The van der Waals surface area contributed by atoms with E-state index in [0.29, 0.717) is 11.7 Å². The van der Waals surface area contributed by atoms with Crippen molar-refractivity contribution in [2.24, 2.45) is 5.92 Å². The van der Waals surface area contributed by atoms with Gasteiger partial charge in [-0.05, 0) is 34.7 Å². The molecule has 5 heteroatoms. The minimum atomic E-state index is 0.546. The van der Waals surface area contributed by atoms with Crippen LogP contribution in [0.4, 0.5) is 5.82 Å². The summed E-state index contributed by atoms with van der Waals surface area (Å²) in [6, 6.07) is 0. The third kappa shape index (κ3) is 3.16. The van der Waals surface area contributed by atoms with Crippen molar-refractivity contribution < 1.29 is 4.74 Å². The molecule has 0 saturated carbocycles. The van der Waals surface area contributed by atoms with Crippen molar-refractivity contribution in [3.8, 4) is 0 Å². The first kappa shape index (κ1) is 12.8. The summed E-state index contributed by atoms with van der Waals surface area (Å²) < 4.78 is 6.22. The normalized spacial score (nSPS) is 19.8. The number of halogens is 1. The van der Waals surface area contributed by atoms with Crippen LogP contribution >= 0.6 is 15.9 Å². The number of aromatic nitrogens is 2. The minimum Gasteiger partial charge on any atom is -0.383 e. The lowest BCUT2D eigenvalue weighted by molar-refractivity contribution is 0.185. The Balaban J connectivity index is 2.16. The number of anilines is 1. The molecule has 1 aromatic heterocycles. The lowest BCUT2D eigenvalue weighted by Crippen LogP contribution is -2.11. The summed E-state index contributed by atoms with van der Waals surface area (Å²) in [6.07, 6.45) is 3.96. The van der Waals surface area contributed by atoms with E-state index >= 15 is 0 Å². The molecule has 0 aliphatic carbocycles. The third-order valence-electron chi connectivity index (χ3n) is 2.97. The molecule has 2 heterocycles. The molecule has 2 rings (SSSR count). The molecule has 17 heavy (non-hydrogen) atoms. The molecule has 1 fully saturated rings. The fraction of sp³-hybridized carbons (Fsp3) is 0.667. The Bertz CT molecular complexity index is 392. The lowest BCUT2D eigenvalue weighted by Gasteiger charge is -2.10. The number of ether oxygens (including phenoxy) is 1. The highest BCUT2D eigenvalue weighted by Gasteiger charge is 2.19. The molecule has 1 aliphatic heterocycles. The van der Waals surface area contributed by atoms with Crippen molar-refractivity contribution in [3.05, 3.63) is 16.0 Å². The summed E-state index contributed by atoms with van der Waals surface area (Å²) in [5.74, 6) is 1.95. The second kappa shape index (κ2) is 5.78. The van der Waals surface area contributed by atoms with Gasteiger partial charge in [-0.3, -0.25) is 0 Å². The molecule has 4 nitrogen and oxygen atoms in total. The Morgan fingerprint density at radius 2 is 2.29 bits per heavy atom. The molecule has 1 atom stereocenters. The van der Waals surface area contributed by atoms with Gasteiger partial charge in [0.1, 0.15) is 11.6 Å².